The van der Waals surface area contributed by atoms with E-state index in [0.29, 0.717) is 25.0 Å². The third-order valence-corrected chi connectivity index (χ3v) is 6.58. The number of carbonyl (C=O) groups is 1. The summed E-state index contributed by atoms with van der Waals surface area (Å²) in [6.07, 6.45) is 14.9. The van der Waals surface area contributed by atoms with Crippen LogP contribution < -0.4 is 26.5 Å². The number of pyridine rings is 1. The number of benzene rings is 1. The van der Waals surface area contributed by atoms with Crippen molar-refractivity contribution in [3.05, 3.63) is 63.8 Å². The second-order valence-electron chi connectivity index (χ2n) is 8.98. The Morgan fingerprint density at radius 2 is 2.03 bits per heavy atom. The number of hydrogen-bond donors (Lipinski definition) is 4. The van der Waals surface area contributed by atoms with Gasteiger partial charge in [0, 0.05) is 25.8 Å². The normalized spacial score (nSPS) is 18.4. The van der Waals surface area contributed by atoms with Crippen LogP contribution in [0.15, 0.2) is 51.9 Å². The van der Waals surface area contributed by atoms with E-state index in [4.69, 9.17) is 10.5 Å². The van der Waals surface area contributed by atoms with Crippen LogP contribution in [0, 0.1) is 5.82 Å². The van der Waals surface area contributed by atoms with Crippen molar-refractivity contribution in [3.8, 4) is 5.75 Å². The molecule has 2 aromatic rings. The number of allylic oxidation sites excluding steroid dienone is 4. The highest BCUT2D eigenvalue weighted by Crippen LogP contribution is 2.44. The first-order valence-electron chi connectivity index (χ1n) is 12.1. The number of ether oxygens (including phenoxy) is 1. The van der Waals surface area contributed by atoms with Gasteiger partial charge in [-0.15, -0.1) is 0 Å². The standard InChI is InChI=1S/C26H28FN5O4/c27-20-21(28)19-23-25(22(20)31-11-10-30-18-8-4-5-9-29-18)36-14-16(12-15-6-2-1-3-7-15)32(23)13-17(24(19)33)26(34)35/h2,4,6-8,13,16,31H,1,3,5,9-12,14,28H2,(H,29,30)(H,34,35)/t16-/m0/s1. The maximum Gasteiger partial charge on any atom is 0.341 e. The Morgan fingerprint density at radius 1 is 1.22 bits per heavy atom. The van der Waals surface area contributed by atoms with Gasteiger partial charge >= 0.3 is 5.97 Å². The zero-order valence-electron chi connectivity index (χ0n) is 19.7. The van der Waals surface area contributed by atoms with Crippen LogP contribution in [0.4, 0.5) is 15.8 Å². The first-order valence-corrected chi connectivity index (χ1v) is 12.1. The molecule has 1 atom stereocenters. The molecule has 0 amide bonds. The molecule has 0 unspecified atom stereocenters. The van der Waals surface area contributed by atoms with Crippen LogP contribution in [0.3, 0.4) is 0 Å². The second-order valence-corrected chi connectivity index (χ2v) is 8.98. The van der Waals surface area contributed by atoms with Crippen molar-refractivity contribution >= 4 is 34.1 Å². The minimum atomic E-state index is -1.39. The van der Waals surface area contributed by atoms with E-state index in [2.05, 4.69) is 27.8 Å². The maximum absolute atomic E-state index is 15.5. The van der Waals surface area contributed by atoms with E-state index in [9.17, 15) is 14.7 Å². The smallest absolute Gasteiger partial charge is 0.341 e. The Bertz CT molecular complexity index is 1410. The lowest BCUT2D eigenvalue weighted by molar-refractivity contribution is 0.0694. The maximum atomic E-state index is 15.5. The van der Waals surface area contributed by atoms with E-state index < -0.39 is 28.5 Å². The summed E-state index contributed by atoms with van der Waals surface area (Å²) in [5, 5.41) is 15.7. The molecule has 2 aliphatic heterocycles. The van der Waals surface area contributed by atoms with Crippen molar-refractivity contribution < 1.29 is 19.0 Å². The molecule has 3 heterocycles. The fourth-order valence-electron chi connectivity index (χ4n) is 4.82. The topological polar surface area (TPSA) is 131 Å². The number of dihydropyridines is 1. The monoisotopic (exact) mass is 493 g/mol. The number of aromatic nitrogens is 1. The van der Waals surface area contributed by atoms with Gasteiger partial charge in [-0.2, -0.15) is 0 Å². The highest BCUT2D eigenvalue weighted by molar-refractivity contribution is 6.03. The highest BCUT2D eigenvalue weighted by Gasteiger charge is 2.32. The average molecular weight is 494 g/mol. The fraction of sp³-hybridized carbons (Fsp3) is 0.346. The van der Waals surface area contributed by atoms with Crippen molar-refractivity contribution in [2.75, 3.05) is 37.3 Å². The molecule has 188 valence electrons. The minimum Gasteiger partial charge on any atom is -0.487 e. The molecule has 36 heavy (non-hydrogen) atoms. The van der Waals surface area contributed by atoms with E-state index in [1.807, 2.05) is 18.2 Å². The number of nitrogens with two attached hydrogens (primary N) is 1. The lowest BCUT2D eigenvalue weighted by Gasteiger charge is -2.32. The van der Waals surface area contributed by atoms with E-state index >= 15 is 4.39 Å². The molecular weight excluding hydrogens is 465 g/mol. The van der Waals surface area contributed by atoms with E-state index in [1.165, 1.54) is 6.20 Å². The predicted octanol–water partition coefficient (Wildman–Crippen LogP) is 3.38. The Balaban J connectivity index is 1.54. The van der Waals surface area contributed by atoms with Gasteiger partial charge in [-0.1, -0.05) is 29.9 Å². The number of amidine groups is 1. The first-order chi connectivity index (χ1) is 17.5. The fourth-order valence-corrected chi connectivity index (χ4v) is 4.82. The van der Waals surface area contributed by atoms with Gasteiger partial charge < -0.3 is 30.8 Å². The van der Waals surface area contributed by atoms with Crippen LogP contribution in [0.25, 0.3) is 10.9 Å². The van der Waals surface area contributed by atoms with E-state index in [1.54, 1.807) is 4.57 Å². The van der Waals surface area contributed by atoms with Crippen molar-refractivity contribution in [2.45, 2.75) is 31.7 Å². The molecule has 1 aliphatic carbocycles. The Morgan fingerprint density at radius 3 is 2.75 bits per heavy atom. The second kappa shape index (κ2) is 9.88. The number of anilines is 2. The Kier molecular flexibility index (Phi) is 6.49. The quantitative estimate of drug-likeness (QED) is 0.344. The highest BCUT2D eigenvalue weighted by atomic mass is 19.1. The molecule has 1 aromatic carbocycles. The molecule has 0 fully saturated rings. The molecule has 10 heteroatoms. The van der Waals surface area contributed by atoms with Gasteiger partial charge in [0.15, 0.2) is 11.6 Å². The molecule has 9 nitrogen and oxygen atoms in total. The molecule has 0 saturated carbocycles. The number of aromatic carboxylic acids is 1. The first kappa shape index (κ1) is 23.7. The molecule has 0 saturated heterocycles. The number of hydrogen-bond acceptors (Lipinski definition) is 7. The number of nitrogens with one attached hydrogen (secondary N) is 2. The zero-order chi connectivity index (χ0) is 25.2. The Hall–Kier alpha value is -4.08. The molecular formula is C26H28FN5O4. The lowest BCUT2D eigenvalue weighted by atomic mass is 9.98. The largest absolute Gasteiger partial charge is 0.487 e. The molecule has 0 bridgehead atoms. The third-order valence-electron chi connectivity index (χ3n) is 6.58. The summed E-state index contributed by atoms with van der Waals surface area (Å²) in [5.74, 6) is -1.30. The van der Waals surface area contributed by atoms with Crippen molar-refractivity contribution in [1.82, 2.24) is 9.88 Å². The third kappa shape index (κ3) is 4.34. The molecule has 1 aromatic heterocycles. The Labute approximate surface area is 206 Å². The number of rotatable bonds is 7. The van der Waals surface area contributed by atoms with Gasteiger partial charge in [0.05, 0.1) is 22.6 Å². The number of halogens is 1. The predicted molar refractivity (Wildman–Crippen MR) is 138 cm³/mol. The molecule has 0 spiro atoms. The van der Waals surface area contributed by atoms with Crippen LogP contribution in [-0.2, 0) is 0 Å². The number of nitrogens with zero attached hydrogens (tertiary/aromatic N) is 2. The van der Waals surface area contributed by atoms with Gasteiger partial charge in [-0.3, -0.25) is 9.79 Å². The summed E-state index contributed by atoms with van der Waals surface area (Å²) in [5.41, 5.74) is 5.88. The van der Waals surface area contributed by atoms with Crippen molar-refractivity contribution in [2.24, 2.45) is 4.99 Å². The summed E-state index contributed by atoms with van der Waals surface area (Å²) in [6, 6.07) is -0.289. The summed E-state index contributed by atoms with van der Waals surface area (Å²) in [4.78, 5) is 29.3. The molecule has 3 aliphatic rings. The van der Waals surface area contributed by atoms with Gasteiger partial charge in [0.2, 0.25) is 5.43 Å². The molecule has 5 N–H and O–H groups in total. The van der Waals surface area contributed by atoms with Gasteiger partial charge in [-0.05, 0) is 31.8 Å². The number of carboxylic acid groups (broad SMARTS) is 1. The minimum absolute atomic E-state index is 0.0503. The van der Waals surface area contributed by atoms with Crippen molar-refractivity contribution in [1.29, 1.82) is 0 Å². The van der Waals surface area contributed by atoms with Crippen LogP contribution in [-0.4, -0.2) is 47.7 Å². The zero-order valence-corrected chi connectivity index (χ0v) is 19.7. The SMILES string of the molecule is Nc1c(F)c(NCCNC2=NCCC=C2)c2c3c1c(=O)c(C(=O)O)cn3[C@@H](CC1=CCCC=C1)CO2. The summed E-state index contributed by atoms with van der Waals surface area (Å²) < 4.78 is 23.2. The van der Waals surface area contributed by atoms with Crippen LogP contribution in [0.2, 0.25) is 0 Å². The van der Waals surface area contributed by atoms with Gasteiger partial charge in [-0.25, -0.2) is 9.18 Å². The molecule has 0 radical (unpaired) electrons. The summed E-state index contributed by atoms with van der Waals surface area (Å²) >= 11 is 0. The number of nitrogen functional groups attached to an aromatic ring is 1. The van der Waals surface area contributed by atoms with Gasteiger partial charge in [0.1, 0.15) is 23.7 Å². The van der Waals surface area contributed by atoms with Crippen LogP contribution >= 0.6 is 0 Å². The summed E-state index contributed by atoms with van der Waals surface area (Å²) in [6.45, 7) is 1.72. The van der Waals surface area contributed by atoms with E-state index in [-0.39, 0.29) is 29.5 Å². The van der Waals surface area contributed by atoms with E-state index in [0.717, 1.165) is 37.2 Å². The van der Waals surface area contributed by atoms with Gasteiger partial charge in [0.25, 0.3) is 0 Å². The average Bonchev–Trinajstić information content (AvgIpc) is 2.89. The lowest BCUT2D eigenvalue weighted by Crippen LogP contribution is -2.31. The van der Waals surface area contributed by atoms with Crippen LogP contribution in [0.5, 0.6) is 5.75 Å². The van der Waals surface area contributed by atoms with Crippen molar-refractivity contribution in [3.63, 3.8) is 0 Å². The number of aliphatic imine (C=N–C) groups is 1. The summed E-state index contributed by atoms with van der Waals surface area (Å²) in [7, 11) is 0. The number of carboxylic acids is 1. The molecule has 5 rings (SSSR count). The van der Waals surface area contributed by atoms with Crippen LogP contribution in [0.1, 0.15) is 42.1 Å².